The van der Waals surface area contributed by atoms with E-state index < -0.39 is 0 Å². The van der Waals surface area contributed by atoms with Gasteiger partial charge in [0, 0.05) is 39.4 Å². The van der Waals surface area contributed by atoms with Crippen molar-refractivity contribution in [1.29, 1.82) is 0 Å². The summed E-state index contributed by atoms with van der Waals surface area (Å²) in [6.07, 6.45) is 6.56. The van der Waals surface area contributed by atoms with Gasteiger partial charge in [0.2, 0.25) is 0 Å². The largest absolute Gasteiger partial charge is 0.310 e. The van der Waals surface area contributed by atoms with E-state index in [1.54, 1.807) is 0 Å². The molecule has 0 N–H and O–H groups in total. The smallest absolute Gasteiger partial charge is 0.0546 e. The Kier molecular flexibility index (Phi) is 10.0. The van der Waals surface area contributed by atoms with Crippen molar-refractivity contribution in [3.63, 3.8) is 0 Å². The first kappa shape index (κ1) is 38.7. The van der Waals surface area contributed by atoms with Gasteiger partial charge in [-0.25, -0.2) is 0 Å². The molecule has 9 aromatic rings. The van der Waals surface area contributed by atoms with Gasteiger partial charge in [-0.2, -0.15) is 0 Å². The summed E-state index contributed by atoms with van der Waals surface area (Å²) >= 11 is 0. The predicted octanol–water partition coefficient (Wildman–Crippen LogP) is 17.5. The molecular formula is C61H52N2. The van der Waals surface area contributed by atoms with Gasteiger partial charge in [0.15, 0.2) is 0 Å². The molecule has 0 unspecified atom stereocenters. The highest BCUT2D eigenvalue weighted by Gasteiger charge is 2.36. The first-order chi connectivity index (χ1) is 31.0. The van der Waals surface area contributed by atoms with Crippen LogP contribution in [0.15, 0.2) is 212 Å². The van der Waals surface area contributed by atoms with E-state index in [0.717, 1.165) is 34.1 Å². The molecule has 63 heavy (non-hydrogen) atoms. The number of nitrogens with zero attached hydrogens (tertiary/aromatic N) is 2. The first-order valence-corrected chi connectivity index (χ1v) is 22.8. The lowest BCUT2D eigenvalue weighted by Crippen LogP contribution is -2.17. The maximum atomic E-state index is 2.49. The fraction of sp³-hybridized carbons (Fsp3) is 0.148. The molecule has 2 heteroatoms. The summed E-state index contributed by atoms with van der Waals surface area (Å²) in [5.41, 5.74) is 18.3. The third kappa shape index (κ3) is 7.20. The molecular weight excluding hydrogens is 761 g/mol. The predicted molar refractivity (Wildman–Crippen MR) is 268 cm³/mol. The average molecular weight is 813 g/mol. The molecule has 2 nitrogen and oxygen atoms in total. The minimum atomic E-state index is -0.128. The van der Waals surface area contributed by atoms with E-state index in [9.17, 15) is 0 Å². The number of fused-ring (bicyclic) bond motifs is 4. The van der Waals surface area contributed by atoms with Gasteiger partial charge >= 0.3 is 0 Å². The van der Waals surface area contributed by atoms with Gasteiger partial charge in [0.25, 0.3) is 0 Å². The lowest BCUT2D eigenvalue weighted by Gasteiger charge is -2.32. The summed E-state index contributed by atoms with van der Waals surface area (Å²) in [6.45, 7) is 4.73. The van der Waals surface area contributed by atoms with Crippen LogP contribution in [-0.4, -0.2) is 0 Å². The summed E-state index contributed by atoms with van der Waals surface area (Å²) in [5, 5.41) is 2.45. The SMILES string of the molecule is CC1(C)c2ccccc2-c2ccc(N(c3ccc(-c4ccccc4)cc3)c3cccc(N(c4ccc(C5CCCCC5)cc4)c4cc5ccccc5cc4-c4ccccc4)c3)cc21. The lowest BCUT2D eigenvalue weighted by molar-refractivity contribution is 0.443. The van der Waals surface area contributed by atoms with E-state index in [1.807, 2.05) is 0 Å². The Morgan fingerprint density at radius 3 is 1.63 bits per heavy atom. The van der Waals surface area contributed by atoms with E-state index in [-0.39, 0.29) is 5.41 Å². The van der Waals surface area contributed by atoms with Crippen molar-refractivity contribution in [2.75, 3.05) is 9.80 Å². The lowest BCUT2D eigenvalue weighted by atomic mass is 9.82. The Hall–Kier alpha value is -7.16. The van der Waals surface area contributed by atoms with E-state index in [0.29, 0.717) is 5.92 Å². The highest BCUT2D eigenvalue weighted by atomic mass is 15.2. The van der Waals surface area contributed by atoms with Crippen LogP contribution in [0.2, 0.25) is 0 Å². The maximum absolute atomic E-state index is 2.49. The van der Waals surface area contributed by atoms with Crippen LogP contribution in [-0.2, 0) is 5.41 Å². The number of benzene rings is 9. The zero-order valence-electron chi connectivity index (χ0n) is 36.2. The Morgan fingerprint density at radius 1 is 0.365 bits per heavy atom. The van der Waals surface area contributed by atoms with Gasteiger partial charge in [0.1, 0.15) is 0 Å². The average Bonchev–Trinajstić information content (AvgIpc) is 3.58. The molecule has 0 radical (unpaired) electrons. The van der Waals surface area contributed by atoms with Crippen molar-refractivity contribution in [2.24, 2.45) is 0 Å². The van der Waals surface area contributed by atoms with Gasteiger partial charge in [-0.1, -0.05) is 179 Å². The minimum absolute atomic E-state index is 0.128. The van der Waals surface area contributed by atoms with Crippen LogP contribution in [0.25, 0.3) is 44.2 Å². The van der Waals surface area contributed by atoms with Crippen LogP contribution in [0.5, 0.6) is 0 Å². The monoisotopic (exact) mass is 812 g/mol. The van der Waals surface area contributed by atoms with Gasteiger partial charge in [-0.05, 0) is 141 Å². The Balaban J connectivity index is 1.09. The van der Waals surface area contributed by atoms with Crippen LogP contribution in [0.4, 0.5) is 34.1 Å². The molecule has 306 valence electrons. The summed E-state index contributed by atoms with van der Waals surface area (Å²) in [4.78, 5) is 4.93. The van der Waals surface area contributed by atoms with Crippen LogP contribution in [0.1, 0.15) is 68.6 Å². The normalized spacial score (nSPS) is 14.3. The van der Waals surface area contributed by atoms with Crippen LogP contribution >= 0.6 is 0 Å². The van der Waals surface area contributed by atoms with E-state index in [2.05, 4.69) is 236 Å². The molecule has 0 aromatic heterocycles. The van der Waals surface area contributed by atoms with Crippen molar-refractivity contribution < 1.29 is 0 Å². The maximum Gasteiger partial charge on any atom is 0.0546 e. The molecule has 0 amide bonds. The van der Waals surface area contributed by atoms with Crippen LogP contribution < -0.4 is 9.80 Å². The molecule has 0 aliphatic heterocycles. The van der Waals surface area contributed by atoms with E-state index in [4.69, 9.17) is 0 Å². The highest BCUT2D eigenvalue weighted by molar-refractivity contribution is 5.99. The molecule has 0 bridgehead atoms. The molecule has 2 aliphatic rings. The molecule has 0 spiro atoms. The number of anilines is 6. The Bertz CT molecular complexity index is 3050. The topological polar surface area (TPSA) is 6.48 Å². The standard InChI is InChI=1S/C61H52N2/c1-61(2)58-28-15-14-27-55(58)56-38-37-54(42-59(56)61)62(50-33-29-45(30-34-50)43-17-6-3-7-18-43)52-25-16-26-53(41-52)63(51-35-31-46(32-36-51)44-19-8-4-9-20-44)60-40-49-24-13-12-23-48(49)39-57(60)47-21-10-5-11-22-47/h3,5-7,10-18,21-42,44H,4,8-9,19-20H2,1-2H3. The second-order valence-corrected chi connectivity index (χ2v) is 18.0. The van der Waals surface area contributed by atoms with Gasteiger partial charge < -0.3 is 9.80 Å². The number of hydrogen-bond acceptors (Lipinski definition) is 2. The highest BCUT2D eigenvalue weighted by Crippen LogP contribution is 2.51. The summed E-state index contributed by atoms with van der Waals surface area (Å²) in [6, 6.07) is 78.8. The zero-order valence-corrected chi connectivity index (χ0v) is 36.2. The zero-order chi connectivity index (χ0) is 42.3. The quantitative estimate of drug-likeness (QED) is 0.143. The summed E-state index contributed by atoms with van der Waals surface area (Å²) < 4.78 is 0. The van der Waals surface area contributed by atoms with E-state index >= 15 is 0 Å². The summed E-state index contributed by atoms with van der Waals surface area (Å²) in [7, 11) is 0. The van der Waals surface area contributed by atoms with Crippen molar-refractivity contribution in [3.05, 3.63) is 229 Å². The second-order valence-electron chi connectivity index (χ2n) is 18.0. The fourth-order valence-electron chi connectivity index (χ4n) is 10.5. The molecule has 0 saturated heterocycles. The van der Waals surface area contributed by atoms with Crippen molar-refractivity contribution >= 4 is 44.9 Å². The van der Waals surface area contributed by atoms with E-state index in [1.165, 1.54) is 92.9 Å². The Morgan fingerprint density at radius 2 is 0.905 bits per heavy atom. The molecule has 9 aromatic carbocycles. The molecule has 0 atom stereocenters. The van der Waals surface area contributed by atoms with Crippen molar-refractivity contribution in [3.8, 4) is 33.4 Å². The second kappa shape index (κ2) is 16.3. The van der Waals surface area contributed by atoms with Crippen LogP contribution in [0, 0.1) is 0 Å². The van der Waals surface area contributed by atoms with Gasteiger partial charge in [0.05, 0.1) is 5.69 Å². The Labute approximate surface area is 372 Å². The molecule has 11 rings (SSSR count). The minimum Gasteiger partial charge on any atom is -0.310 e. The van der Waals surface area contributed by atoms with Crippen molar-refractivity contribution in [2.45, 2.75) is 57.3 Å². The van der Waals surface area contributed by atoms with Gasteiger partial charge in [-0.3, -0.25) is 0 Å². The molecule has 1 fully saturated rings. The third-order valence-corrected chi connectivity index (χ3v) is 13.8. The molecule has 1 saturated carbocycles. The molecule has 0 heterocycles. The van der Waals surface area contributed by atoms with Crippen molar-refractivity contribution in [1.82, 2.24) is 0 Å². The number of hydrogen-bond donors (Lipinski definition) is 0. The number of rotatable bonds is 9. The third-order valence-electron chi connectivity index (χ3n) is 13.8. The van der Waals surface area contributed by atoms with Gasteiger partial charge in [-0.15, -0.1) is 0 Å². The van der Waals surface area contributed by atoms with Crippen LogP contribution in [0.3, 0.4) is 0 Å². The molecule has 2 aliphatic carbocycles. The summed E-state index contributed by atoms with van der Waals surface area (Å²) in [5.74, 6) is 0.636. The fourth-order valence-corrected chi connectivity index (χ4v) is 10.5. The first-order valence-electron chi connectivity index (χ1n) is 22.8.